The Labute approximate surface area is 243 Å². The molecule has 0 aliphatic heterocycles. The number of carbonyl (C=O) groups excluding carboxylic acids is 1. The normalized spacial score (nSPS) is 12.2. The first-order chi connectivity index (χ1) is 20.0. The van der Waals surface area contributed by atoms with Gasteiger partial charge in [0.25, 0.3) is 5.56 Å². The van der Waals surface area contributed by atoms with Gasteiger partial charge in [0, 0.05) is 27.8 Å². The van der Waals surface area contributed by atoms with Crippen molar-refractivity contribution in [3.8, 4) is 0 Å². The average Bonchev–Trinajstić information content (AvgIpc) is 2.98. The molecule has 1 amide bonds. The summed E-state index contributed by atoms with van der Waals surface area (Å²) >= 11 is 1.59. The zero-order chi connectivity index (χ0) is 28.6. The van der Waals surface area contributed by atoms with E-state index < -0.39 is 0 Å². The summed E-state index contributed by atoms with van der Waals surface area (Å²) in [5, 5.41) is 8.26. The van der Waals surface area contributed by atoms with Crippen LogP contribution in [0.15, 0.2) is 118 Å². The number of fused-ring (bicyclic) bond motifs is 1. The van der Waals surface area contributed by atoms with Gasteiger partial charge in [-0.3, -0.25) is 19.9 Å². The molecule has 0 spiro atoms. The Morgan fingerprint density at radius 2 is 1.68 bits per heavy atom. The molecule has 4 aromatic carbocycles. The lowest BCUT2D eigenvalue weighted by atomic mass is 9.96. The van der Waals surface area contributed by atoms with E-state index in [1.807, 2.05) is 98.8 Å². The van der Waals surface area contributed by atoms with Crippen molar-refractivity contribution in [2.45, 2.75) is 36.8 Å². The molecule has 5 rings (SSSR count). The molecule has 8 heteroatoms. The molecular weight excluding hydrogens is 530 g/mol. The van der Waals surface area contributed by atoms with E-state index in [0.29, 0.717) is 17.9 Å². The van der Waals surface area contributed by atoms with E-state index in [1.165, 1.54) is 11.6 Å². The van der Waals surface area contributed by atoms with Crippen LogP contribution < -0.4 is 16.2 Å². The maximum atomic E-state index is 13.5. The number of hydrogen-bond acceptors (Lipinski definition) is 5. The molecule has 1 aromatic heterocycles. The number of nitrogens with one attached hydrogen (secondary N) is 3. The standard InChI is InChI=1S/C33H31N5O2S/c1-3-27(23-10-5-4-6-11-23)31(40)37-33(35-29-15-9-13-24-12-7-8-14-28(24)29)38-32-34-25(20-30(39)36-32)21-41-26-18-16-22(2)17-19-26/h4-20,27H,3,21H2,1-2H3,(H3,34,35,36,37,38,39,40)/t27-/m0/s1. The lowest BCUT2D eigenvalue weighted by Gasteiger charge is -2.18. The second-order valence-electron chi connectivity index (χ2n) is 9.63. The lowest BCUT2D eigenvalue weighted by molar-refractivity contribution is -0.121. The van der Waals surface area contributed by atoms with Gasteiger partial charge in [-0.1, -0.05) is 91.3 Å². The van der Waals surface area contributed by atoms with Gasteiger partial charge in [0.05, 0.1) is 11.6 Å². The summed E-state index contributed by atoms with van der Waals surface area (Å²) in [6, 6.07) is 33.1. The zero-order valence-electron chi connectivity index (χ0n) is 22.9. The topological polar surface area (TPSA) is 99.2 Å². The van der Waals surface area contributed by atoms with E-state index in [9.17, 15) is 9.59 Å². The van der Waals surface area contributed by atoms with Crippen LogP contribution in [0.3, 0.4) is 0 Å². The first-order valence-corrected chi connectivity index (χ1v) is 14.5. The number of amides is 1. The third-order valence-electron chi connectivity index (χ3n) is 6.62. The van der Waals surface area contributed by atoms with Crippen molar-refractivity contribution in [2.75, 3.05) is 5.32 Å². The van der Waals surface area contributed by atoms with E-state index in [2.05, 4.69) is 37.7 Å². The van der Waals surface area contributed by atoms with Crippen LogP contribution in [-0.4, -0.2) is 21.8 Å². The maximum absolute atomic E-state index is 13.5. The number of guanidine groups is 1. The highest BCUT2D eigenvalue weighted by molar-refractivity contribution is 7.98. The SMILES string of the molecule is CC[C@H](C(=O)NC(=Nc1nc(CSc2ccc(C)cc2)cc(=O)[nH]1)Nc1cccc2ccccc12)c1ccccc1. The lowest BCUT2D eigenvalue weighted by Crippen LogP contribution is -2.39. The number of benzene rings is 4. The van der Waals surface area contributed by atoms with Crippen LogP contribution in [0.4, 0.5) is 11.6 Å². The Kier molecular flexibility index (Phi) is 8.91. The van der Waals surface area contributed by atoms with E-state index in [-0.39, 0.29) is 29.3 Å². The minimum absolute atomic E-state index is 0.104. The van der Waals surface area contributed by atoms with E-state index >= 15 is 0 Å². The molecule has 0 saturated carbocycles. The fourth-order valence-corrected chi connectivity index (χ4v) is 5.32. The fraction of sp³-hybridized carbons (Fsp3) is 0.152. The minimum atomic E-state index is -0.375. The first kappa shape index (κ1) is 27.9. The average molecular weight is 562 g/mol. The monoisotopic (exact) mass is 561 g/mol. The molecule has 5 aromatic rings. The van der Waals surface area contributed by atoms with Crippen molar-refractivity contribution in [3.05, 3.63) is 130 Å². The Hall–Kier alpha value is -4.69. The van der Waals surface area contributed by atoms with Gasteiger partial charge in [0.1, 0.15) is 0 Å². The van der Waals surface area contributed by atoms with Crippen molar-refractivity contribution >= 4 is 46.0 Å². The molecule has 0 fully saturated rings. The van der Waals surface area contributed by atoms with Gasteiger partial charge >= 0.3 is 0 Å². The highest BCUT2D eigenvalue weighted by atomic mass is 32.2. The van der Waals surface area contributed by atoms with Crippen molar-refractivity contribution < 1.29 is 4.79 Å². The number of aromatic amines is 1. The summed E-state index contributed by atoms with van der Waals surface area (Å²) in [6.45, 7) is 4.02. The third kappa shape index (κ3) is 7.29. The third-order valence-corrected chi connectivity index (χ3v) is 7.66. The highest BCUT2D eigenvalue weighted by Gasteiger charge is 2.20. The second-order valence-corrected chi connectivity index (χ2v) is 10.7. The number of carbonyl (C=O) groups is 1. The molecule has 1 atom stereocenters. The van der Waals surface area contributed by atoms with Crippen LogP contribution in [0.5, 0.6) is 0 Å². The smallest absolute Gasteiger partial charge is 0.252 e. The zero-order valence-corrected chi connectivity index (χ0v) is 23.7. The van der Waals surface area contributed by atoms with E-state index in [0.717, 1.165) is 26.9 Å². The molecular formula is C33H31N5O2S. The Morgan fingerprint density at radius 1 is 0.951 bits per heavy atom. The molecule has 0 aliphatic rings. The van der Waals surface area contributed by atoms with Crippen molar-refractivity contribution in [1.29, 1.82) is 0 Å². The van der Waals surface area contributed by atoms with Crippen LogP contribution in [0.1, 0.15) is 36.1 Å². The van der Waals surface area contributed by atoms with Crippen LogP contribution >= 0.6 is 11.8 Å². The Morgan fingerprint density at radius 3 is 2.46 bits per heavy atom. The number of thioether (sulfide) groups is 1. The van der Waals surface area contributed by atoms with Gasteiger partial charge in [-0.2, -0.15) is 4.99 Å². The number of aryl methyl sites for hydroxylation is 1. The van der Waals surface area contributed by atoms with Gasteiger partial charge in [0.15, 0.2) is 0 Å². The predicted molar refractivity (Wildman–Crippen MR) is 168 cm³/mol. The molecule has 0 radical (unpaired) electrons. The molecule has 0 aliphatic carbocycles. The van der Waals surface area contributed by atoms with Crippen LogP contribution in [0, 0.1) is 6.92 Å². The molecule has 7 nitrogen and oxygen atoms in total. The summed E-state index contributed by atoms with van der Waals surface area (Å²) in [5.74, 6) is 0.193. The highest BCUT2D eigenvalue weighted by Crippen LogP contribution is 2.25. The van der Waals surface area contributed by atoms with Crippen molar-refractivity contribution in [2.24, 2.45) is 4.99 Å². The largest absolute Gasteiger partial charge is 0.325 e. The maximum Gasteiger partial charge on any atom is 0.252 e. The molecule has 41 heavy (non-hydrogen) atoms. The van der Waals surface area contributed by atoms with Gasteiger partial charge in [0.2, 0.25) is 17.8 Å². The number of rotatable bonds is 8. The summed E-state index contributed by atoms with van der Waals surface area (Å²) in [5.41, 5.74) is 3.14. The summed E-state index contributed by atoms with van der Waals surface area (Å²) in [7, 11) is 0. The molecule has 206 valence electrons. The molecule has 0 bridgehead atoms. The number of nitrogens with zero attached hydrogens (tertiary/aromatic N) is 2. The van der Waals surface area contributed by atoms with Crippen molar-refractivity contribution in [3.63, 3.8) is 0 Å². The molecule has 0 unspecified atom stereocenters. The Balaban J connectivity index is 1.47. The van der Waals surface area contributed by atoms with Gasteiger partial charge in [-0.05, 0) is 42.5 Å². The number of aliphatic imine (C=N–C) groups is 1. The summed E-state index contributed by atoms with van der Waals surface area (Å²) < 4.78 is 0. The number of anilines is 1. The fourth-order valence-electron chi connectivity index (χ4n) is 4.53. The predicted octanol–water partition coefficient (Wildman–Crippen LogP) is 6.93. The number of aromatic nitrogens is 2. The number of hydrogen-bond donors (Lipinski definition) is 3. The van der Waals surface area contributed by atoms with E-state index in [1.54, 1.807) is 11.8 Å². The number of H-pyrrole nitrogens is 1. The van der Waals surface area contributed by atoms with Crippen LogP contribution in [-0.2, 0) is 10.5 Å². The summed E-state index contributed by atoms with van der Waals surface area (Å²) in [6.07, 6.45) is 0.609. The quantitative estimate of drug-likeness (QED) is 0.108. The van der Waals surface area contributed by atoms with Crippen LogP contribution in [0.25, 0.3) is 10.8 Å². The minimum Gasteiger partial charge on any atom is -0.325 e. The molecule has 1 heterocycles. The molecule has 0 saturated heterocycles. The van der Waals surface area contributed by atoms with Gasteiger partial charge < -0.3 is 5.32 Å². The van der Waals surface area contributed by atoms with Gasteiger partial charge in [-0.15, -0.1) is 11.8 Å². The van der Waals surface area contributed by atoms with E-state index in [4.69, 9.17) is 0 Å². The molecule has 3 N–H and O–H groups in total. The second kappa shape index (κ2) is 13.1. The first-order valence-electron chi connectivity index (χ1n) is 13.5. The summed E-state index contributed by atoms with van der Waals surface area (Å²) in [4.78, 5) is 39.0. The van der Waals surface area contributed by atoms with Crippen molar-refractivity contribution in [1.82, 2.24) is 15.3 Å². The Bertz CT molecular complexity index is 1730. The van der Waals surface area contributed by atoms with Crippen LogP contribution in [0.2, 0.25) is 0 Å². The van der Waals surface area contributed by atoms with Gasteiger partial charge in [-0.25, -0.2) is 4.98 Å².